The van der Waals surface area contributed by atoms with Gasteiger partial charge in [-0.3, -0.25) is 9.59 Å². The van der Waals surface area contributed by atoms with Crippen LogP contribution in [-0.4, -0.2) is 20.8 Å². The molecule has 0 aromatic carbocycles. The molecule has 0 bridgehead atoms. The van der Waals surface area contributed by atoms with Gasteiger partial charge in [-0.1, -0.05) is 0 Å². The molecule has 1 fully saturated rings. The van der Waals surface area contributed by atoms with Crippen LogP contribution in [0.1, 0.15) is 35.7 Å². The lowest BCUT2D eigenvalue weighted by atomic mass is 9.93. The molecule has 1 aliphatic carbocycles. The minimum atomic E-state index is -0.923. The summed E-state index contributed by atoms with van der Waals surface area (Å²) in [6.45, 7) is 0. The van der Waals surface area contributed by atoms with Crippen molar-refractivity contribution in [3.8, 4) is 5.75 Å². The van der Waals surface area contributed by atoms with Crippen LogP contribution in [0.3, 0.4) is 0 Å². The average Bonchev–Trinajstić information content (AvgIpc) is 2.06. The van der Waals surface area contributed by atoms with Crippen LogP contribution in [0.2, 0.25) is 0 Å². The van der Waals surface area contributed by atoms with E-state index in [0.29, 0.717) is 0 Å². The lowest BCUT2D eigenvalue weighted by molar-refractivity contribution is 0.0994. The van der Waals surface area contributed by atoms with E-state index in [-0.39, 0.29) is 11.6 Å². The highest BCUT2D eigenvalue weighted by Crippen LogP contribution is 2.29. The van der Waals surface area contributed by atoms with E-state index in [1.54, 1.807) is 0 Å². The van der Waals surface area contributed by atoms with Gasteiger partial charge >= 0.3 is 0 Å². The molecule has 80 valence electrons. The van der Waals surface area contributed by atoms with Crippen molar-refractivity contribution in [2.75, 3.05) is 0 Å². The highest BCUT2D eigenvalue weighted by atomic mass is 16.3. The van der Waals surface area contributed by atoms with E-state index in [2.05, 4.69) is 5.10 Å². The zero-order chi connectivity index (χ0) is 11.0. The number of aromatic hydroxyl groups is 1. The molecule has 6 nitrogen and oxygen atoms in total. The topological polar surface area (TPSA) is 98.2 Å². The molecule has 1 saturated carbocycles. The Morgan fingerprint density at radius 2 is 2.27 bits per heavy atom. The van der Waals surface area contributed by atoms with Gasteiger partial charge in [0.25, 0.3) is 11.5 Å². The van der Waals surface area contributed by atoms with Crippen LogP contribution < -0.4 is 11.3 Å². The van der Waals surface area contributed by atoms with E-state index in [0.717, 1.165) is 25.5 Å². The van der Waals surface area contributed by atoms with Crippen molar-refractivity contribution in [2.24, 2.45) is 5.73 Å². The van der Waals surface area contributed by atoms with Crippen molar-refractivity contribution in [3.63, 3.8) is 0 Å². The smallest absolute Gasteiger partial charge is 0.283 e. The quantitative estimate of drug-likeness (QED) is 0.703. The van der Waals surface area contributed by atoms with E-state index >= 15 is 0 Å². The number of carbonyl (C=O) groups excluding carboxylic acids is 1. The lowest BCUT2D eigenvalue weighted by Crippen LogP contribution is -2.35. The average molecular weight is 209 g/mol. The number of amides is 1. The number of nitrogens with zero attached hydrogens (tertiary/aromatic N) is 2. The van der Waals surface area contributed by atoms with Gasteiger partial charge in [-0.15, -0.1) is 0 Å². The van der Waals surface area contributed by atoms with Gasteiger partial charge in [-0.2, -0.15) is 5.10 Å². The van der Waals surface area contributed by atoms with Crippen LogP contribution in [-0.2, 0) is 0 Å². The van der Waals surface area contributed by atoms with Gasteiger partial charge in [0, 0.05) is 0 Å². The second kappa shape index (κ2) is 3.38. The normalized spacial score (nSPS) is 16.0. The fourth-order valence-electron chi connectivity index (χ4n) is 1.58. The van der Waals surface area contributed by atoms with Gasteiger partial charge in [-0.25, -0.2) is 4.68 Å². The van der Waals surface area contributed by atoms with Crippen LogP contribution in [0.4, 0.5) is 0 Å². The molecular formula is C9H11N3O3. The first-order valence-corrected chi connectivity index (χ1v) is 4.72. The molecule has 1 aromatic heterocycles. The molecular weight excluding hydrogens is 198 g/mol. The van der Waals surface area contributed by atoms with Gasteiger partial charge in [0.15, 0.2) is 5.75 Å². The number of primary amides is 1. The zero-order valence-electron chi connectivity index (χ0n) is 8.01. The van der Waals surface area contributed by atoms with Crippen LogP contribution >= 0.6 is 0 Å². The Labute approximate surface area is 85.3 Å². The summed E-state index contributed by atoms with van der Waals surface area (Å²) >= 11 is 0. The number of hydrogen-bond acceptors (Lipinski definition) is 4. The molecule has 3 N–H and O–H groups in total. The summed E-state index contributed by atoms with van der Waals surface area (Å²) in [7, 11) is 0. The molecule has 15 heavy (non-hydrogen) atoms. The molecule has 6 heteroatoms. The number of aromatic nitrogens is 2. The SMILES string of the molecule is NC(=O)c1c(O)cnn(C2CCC2)c1=O. The molecule has 0 saturated heterocycles. The molecule has 0 spiro atoms. The number of hydrogen-bond donors (Lipinski definition) is 2. The standard InChI is InChI=1S/C9H11N3O3/c10-8(14)7-6(13)4-11-12(9(7)15)5-2-1-3-5/h4-5,13H,1-3H2,(H2,10,14). The molecule has 0 atom stereocenters. The molecule has 0 aliphatic heterocycles. The van der Waals surface area contributed by atoms with Gasteiger partial charge in [0.05, 0.1) is 12.2 Å². The molecule has 1 aromatic rings. The highest BCUT2D eigenvalue weighted by Gasteiger charge is 2.25. The van der Waals surface area contributed by atoms with Crippen LogP contribution in [0, 0.1) is 0 Å². The first-order valence-electron chi connectivity index (χ1n) is 4.72. The Morgan fingerprint density at radius 1 is 1.60 bits per heavy atom. The third kappa shape index (κ3) is 1.47. The molecule has 0 unspecified atom stereocenters. The summed E-state index contributed by atoms with van der Waals surface area (Å²) in [5, 5.41) is 13.1. The fourth-order valence-corrected chi connectivity index (χ4v) is 1.58. The molecule has 0 radical (unpaired) electrons. The Balaban J connectivity index is 2.54. The predicted molar refractivity (Wildman–Crippen MR) is 51.6 cm³/mol. The lowest BCUT2D eigenvalue weighted by Gasteiger charge is -2.26. The van der Waals surface area contributed by atoms with Crippen LogP contribution in [0.5, 0.6) is 5.75 Å². The third-order valence-corrected chi connectivity index (χ3v) is 2.65. The van der Waals surface area contributed by atoms with Crippen LogP contribution in [0.15, 0.2) is 11.0 Å². The Hall–Kier alpha value is -1.85. The summed E-state index contributed by atoms with van der Waals surface area (Å²) in [4.78, 5) is 22.6. The second-order valence-electron chi connectivity index (χ2n) is 3.60. The van der Waals surface area contributed by atoms with E-state index in [1.807, 2.05) is 0 Å². The number of carbonyl (C=O) groups is 1. The minimum Gasteiger partial charge on any atom is -0.505 e. The van der Waals surface area contributed by atoms with E-state index in [1.165, 1.54) is 4.68 Å². The first-order chi connectivity index (χ1) is 7.11. The van der Waals surface area contributed by atoms with Gasteiger partial charge in [0.2, 0.25) is 0 Å². The summed E-state index contributed by atoms with van der Waals surface area (Å²) in [6, 6.07) is 0.0381. The largest absolute Gasteiger partial charge is 0.505 e. The van der Waals surface area contributed by atoms with Crippen molar-refractivity contribution < 1.29 is 9.90 Å². The fraction of sp³-hybridized carbons (Fsp3) is 0.444. The molecule has 1 heterocycles. The Kier molecular flexibility index (Phi) is 2.18. The summed E-state index contributed by atoms with van der Waals surface area (Å²) in [6.07, 6.45) is 3.87. The van der Waals surface area contributed by atoms with E-state index < -0.39 is 17.2 Å². The Bertz CT molecular complexity index is 462. The Morgan fingerprint density at radius 3 is 2.73 bits per heavy atom. The molecule has 1 aliphatic rings. The molecule has 1 amide bonds. The van der Waals surface area contributed by atoms with E-state index in [4.69, 9.17) is 5.73 Å². The van der Waals surface area contributed by atoms with Crippen LogP contribution in [0.25, 0.3) is 0 Å². The minimum absolute atomic E-state index is 0.0381. The second-order valence-corrected chi connectivity index (χ2v) is 3.60. The van der Waals surface area contributed by atoms with Crippen molar-refractivity contribution in [1.82, 2.24) is 9.78 Å². The van der Waals surface area contributed by atoms with Gasteiger partial charge < -0.3 is 10.8 Å². The third-order valence-electron chi connectivity index (χ3n) is 2.65. The maximum atomic E-state index is 11.7. The molecule has 2 rings (SSSR count). The monoisotopic (exact) mass is 209 g/mol. The summed E-state index contributed by atoms with van der Waals surface area (Å²) < 4.78 is 1.23. The maximum absolute atomic E-state index is 11.7. The van der Waals surface area contributed by atoms with Crippen molar-refractivity contribution >= 4 is 5.91 Å². The van der Waals surface area contributed by atoms with Crippen molar-refractivity contribution in [2.45, 2.75) is 25.3 Å². The predicted octanol–water partition coefficient (Wildman–Crippen LogP) is -0.227. The van der Waals surface area contributed by atoms with Gasteiger partial charge in [-0.05, 0) is 19.3 Å². The number of rotatable bonds is 2. The maximum Gasteiger partial charge on any atom is 0.283 e. The van der Waals surface area contributed by atoms with Gasteiger partial charge in [0.1, 0.15) is 5.56 Å². The summed E-state index contributed by atoms with van der Waals surface area (Å²) in [5.74, 6) is -1.38. The first kappa shape index (κ1) is 9.70. The van der Waals surface area contributed by atoms with Crippen molar-refractivity contribution in [1.29, 1.82) is 0 Å². The summed E-state index contributed by atoms with van der Waals surface area (Å²) in [5.41, 5.74) is 4.02. The van der Waals surface area contributed by atoms with E-state index in [9.17, 15) is 14.7 Å². The van der Waals surface area contributed by atoms with Crippen molar-refractivity contribution in [3.05, 3.63) is 22.1 Å². The highest BCUT2D eigenvalue weighted by molar-refractivity contribution is 5.94. The zero-order valence-corrected chi connectivity index (χ0v) is 8.01. The number of nitrogens with two attached hydrogens (primary N) is 1.